The molecule has 19 heavy (non-hydrogen) atoms. The fraction of sp³-hybridized carbons (Fsp3) is 0.562. The molecule has 0 aliphatic rings. The average Bonchev–Trinajstić information content (AvgIpc) is 2.42. The molecule has 0 bridgehead atoms. The van der Waals surface area contributed by atoms with Crippen LogP contribution in [0, 0.1) is 0 Å². The molecular weight excluding hydrogens is 238 g/mol. The third-order valence-corrected chi connectivity index (χ3v) is 3.38. The zero-order valence-electron chi connectivity index (χ0n) is 12.2. The Labute approximate surface area is 116 Å². The highest BCUT2D eigenvalue weighted by Crippen LogP contribution is 2.19. The SMILES string of the molecule is CCCCc1ccc(N(CCC)[C@H](C)C(=O)O)cc1. The Balaban J connectivity index is 2.82. The Morgan fingerprint density at radius 3 is 2.32 bits per heavy atom. The highest BCUT2D eigenvalue weighted by atomic mass is 16.4. The molecule has 0 saturated carbocycles. The molecule has 106 valence electrons. The lowest BCUT2D eigenvalue weighted by molar-refractivity contribution is -0.138. The molecule has 1 atom stereocenters. The monoisotopic (exact) mass is 263 g/mol. The van der Waals surface area contributed by atoms with Crippen molar-refractivity contribution in [3.05, 3.63) is 29.8 Å². The number of carbonyl (C=O) groups is 1. The quantitative estimate of drug-likeness (QED) is 0.777. The second-order valence-corrected chi connectivity index (χ2v) is 4.98. The summed E-state index contributed by atoms with van der Waals surface area (Å²) in [6.45, 7) is 6.76. The highest BCUT2D eigenvalue weighted by Gasteiger charge is 2.19. The second-order valence-electron chi connectivity index (χ2n) is 4.98. The van der Waals surface area contributed by atoms with Crippen LogP contribution in [-0.2, 0) is 11.2 Å². The Kier molecular flexibility index (Phi) is 6.40. The summed E-state index contributed by atoms with van der Waals surface area (Å²) in [6.07, 6.45) is 4.43. The van der Waals surface area contributed by atoms with Gasteiger partial charge in [0, 0.05) is 12.2 Å². The Hall–Kier alpha value is -1.51. The first-order valence-electron chi connectivity index (χ1n) is 7.18. The first kappa shape index (κ1) is 15.5. The maximum Gasteiger partial charge on any atom is 0.326 e. The average molecular weight is 263 g/mol. The molecule has 3 nitrogen and oxygen atoms in total. The number of unbranched alkanes of at least 4 members (excludes halogenated alkanes) is 1. The summed E-state index contributed by atoms with van der Waals surface area (Å²) in [4.78, 5) is 13.1. The van der Waals surface area contributed by atoms with E-state index in [4.69, 9.17) is 5.11 Å². The van der Waals surface area contributed by atoms with Crippen molar-refractivity contribution in [1.29, 1.82) is 0 Å². The molecule has 0 heterocycles. The molecule has 0 amide bonds. The van der Waals surface area contributed by atoms with Gasteiger partial charge in [-0.2, -0.15) is 0 Å². The molecule has 0 aliphatic heterocycles. The summed E-state index contributed by atoms with van der Waals surface area (Å²) < 4.78 is 0. The van der Waals surface area contributed by atoms with Crippen LogP contribution in [0.15, 0.2) is 24.3 Å². The van der Waals surface area contributed by atoms with Gasteiger partial charge in [-0.15, -0.1) is 0 Å². The van der Waals surface area contributed by atoms with Crippen LogP contribution in [0.4, 0.5) is 5.69 Å². The molecule has 0 saturated heterocycles. The van der Waals surface area contributed by atoms with E-state index in [1.807, 2.05) is 17.0 Å². The highest BCUT2D eigenvalue weighted by molar-refractivity contribution is 5.77. The number of aliphatic carboxylic acids is 1. The van der Waals surface area contributed by atoms with E-state index in [2.05, 4.69) is 26.0 Å². The Morgan fingerprint density at radius 1 is 1.21 bits per heavy atom. The van der Waals surface area contributed by atoms with Crippen molar-refractivity contribution in [1.82, 2.24) is 0 Å². The third kappa shape index (κ3) is 4.58. The van der Waals surface area contributed by atoms with Gasteiger partial charge in [-0.05, 0) is 43.9 Å². The normalized spacial score (nSPS) is 12.2. The van der Waals surface area contributed by atoms with Gasteiger partial charge in [0.15, 0.2) is 0 Å². The van der Waals surface area contributed by atoms with Gasteiger partial charge >= 0.3 is 5.97 Å². The van der Waals surface area contributed by atoms with Crippen molar-refractivity contribution >= 4 is 11.7 Å². The predicted molar refractivity (Wildman–Crippen MR) is 79.8 cm³/mol. The molecule has 0 unspecified atom stereocenters. The molecule has 0 spiro atoms. The lowest BCUT2D eigenvalue weighted by Crippen LogP contribution is -2.39. The van der Waals surface area contributed by atoms with Crippen molar-refractivity contribution in [2.45, 2.75) is 52.5 Å². The predicted octanol–water partition coefficient (Wildman–Crippen LogP) is 3.72. The van der Waals surface area contributed by atoms with E-state index in [9.17, 15) is 4.79 Å². The van der Waals surface area contributed by atoms with Gasteiger partial charge in [0.1, 0.15) is 6.04 Å². The summed E-state index contributed by atoms with van der Waals surface area (Å²) in [7, 11) is 0. The van der Waals surface area contributed by atoms with Crippen LogP contribution in [0.25, 0.3) is 0 Å². The van der Waals surface area contributed by atoms with Gasteiger partial charge in [-0.3, -0.25) is 0 Å². The van der Waals surface area contributed by atoms with E-state index >= 15 is 0 Å². The first-order chi connectivity index (χ1) is 9.10. The topological polar surface area (TPSA) is 40.5 Å². The number of carboxylic acid groups (broad SMARTS) is 1. The van der Waals surface area contributed by atoms with Crippen LogP contribution >= 0.6 is 0 Å². The smallest absolute Gasteiger partial charge is 0.326 e. The molecule has 0 fully saturated rings. The first-order valence-corrected chi connectivity index (χ1v) is 7.18. The fourth-order valence-electron chi connectivity index (χ4n) is 2.16. The Bertz CT molecular complexity index is 386. The number of rotatable bonds is 8. The summed E-state index contributed by atoms with van der Waals surface area (Å²) in [5.74, 6) is -0.775. The minimum atomic E-state index is -0.775. The van der Waals surface area contributed by atoms with Gasteiger partial charge < -0.3 is 10.0 Å². The number of hydrogen-bond acceptors (Lipinski definition) is 2. The zero-order chi connectivity index (χ0) is 14.3. The van der Waals surface area contributed by atoms with Crippen molar-refractivity contribution in [3.63, 3.8) is 0 Å². The molecule has 1 rings (SSSR count). The zero-order valence-corrected chi connectivity index (χ0v) is 12.2. The molecule has 0 radical (unpaired) electrons. The maximum atomic E-state index is 11.2. The largest absolute Gasteiger partial charge is 0.480 e. The molecule has 3 heteroatoms. The van der Waals surface area contributed by atoms with Gasteiger partial charge in [0.25, 0.3) is 0 Å². The molecule has 0 aromatic heterocycles. The van der Waals surface area contributed by atoms with Crippen LogP contribution in [0.5, 0.6) is 0 Å². The number of benzene rings is 1. The van der Waals surface area contributed by atoms with Gasteiger partial charge in [-0.1, -0.05) is 32.4 Å². The van der Waals surface area contributed by atoms with Crippen LogP contribution in [0.3, 0.4) is 0 Å². The van der Waals surface area contributed by atoms with E-state index in [1.54, 1.807) is 6.92 Å². The molecule has 0 aliphatic carbocycles. The van der Waals surface area contributed by atoms with Crippen molar-refractivity contribution < 1.29 is 9.90 Å². The second kappa shape index (κ2) is 7.82. The number of anilines is 1. The van der Waals surface area contributed by atoms with E-state index in [-0.39, 0.29) is 0 Å². The van der Waals surface area contributed by atoms with Crippen molar-refractivity contribution in [3.8, 4) is 0 Å². The van der Waals surface area contributed by atoms with Crippen molar-refractivity contribution in [2.24, 2.45) is 0 Å². The lowest BCUT2D eigenvalue weighted by Gasteiger charge is -2.28. The third-order valence-electron chi connectivity index (χ3n) is 3.38. The lowest BCUT2D eigenvalue weighted by atomic mass is 10.1. The van der Waals surface area contributed by atoms with Gasteiger partial charge in [0.2, 0.25) is 0 Å². The summed E-state index contributed by atoms with van der Waals surface area (Å²) >= 11 is 0. The van der Waals surface area contributed by atoms with Gasteiger partial charge in [0.05, 0.1) is 0 Å². The number of carboxylic acids is 1. The molecule has 1 aromatic carbocycles. The standard InChI is InChI=1S/C16H25NO2/c1-4-6-7-14-8-10-15(11-9-14)17(12-5-2)13(3)16(18)19/h8-11,13H,4-7,12H2,1-3H3,(H,18,19)/t13-/m1/s1. The number of hydrogen-bond donors (Lipinski definition) is 1. The minimum absolute atomic E-state index is 0.485. The number of aryl methyl sites for hydroxylation is 1. The summed E-state index contributed by atoms with van der Waals surface area (Å²) in [5, 5.41) is 9.17. The van der Waals surface area contributed by atoms with E-state index in [1.165, 1.54) is 18.4 Å². The van der Waals surface area contributed by atoms with Gasteiger partial charge in [-0.25, -0.2) is 4.79 Å². The van der Waals surface area contributed by atoms with Crippen molar-refractivity contribution in [2.75, 3.05) is 11.4 Å². The minimum Gasteiger partial charge on any atom is -0.480 e. The molecule has 1 aromatic rings. The summed E-state index contributed by atoms with van der Waals surface area (Å²) in [5.41, 5.74) is 2.32. The number of nitrogens with zero attached hydrogens (tertiary/aromatic N) is 1. The van der Waals surface area contributed by atoms with E-state index in [0.29, 0.717) is 0 Å². The van der Waals surface area contributed by atoms with Crippen LogP contribution in [0.1, 0.15) is 45.6 Å². The molecule has 1 N–H and O–H groups in total. The fourth-order valence-corrected chi connectivity index (χ4v) is 2.16. The van der Waals surface area contributed by atoms with E-state index < -0.39 is 12.0 Å². The Morgan fingerprint density at radius 2 is 1.84 bits per heavy atom. The van der Waals surface area contributed by atoms with Crippen LogP contribution in [-0.4, -0.2) is 23.7 Å². The maximum absolute atomic E-state index is 11.2. The van der Waals surface area contributed by atoms with Crippen LogP contribution < -0.4 is 4.90 Å². The molecular formula is C16H25NO2. The van der Waals surface area contributed by atoms with Crippen LogP contribution in [0.2, 0.25) is 0 Å². The summed E-state index contributed by atoms with van der Waals surface area (Å²) in [6, 6.07) is 7.83. The van der Waals surface area contributed by atoms with E-state index in [0.717, 1.165) is 25.1 Å².